The molecule has 0 aromatic carbocycles. The van der Waals surface area contributed by atoms with Crippen molar-refractivity contribution in [2.75, 3.05) is 25.0 Å². The number of rotatable bonds is 5. The van der Waals surface area contributed by atoms with Crippen LogP contribution in [0, 0.1) is 22.7 Å². The molecule has 9 heteroatoms. The lowest BCUT2D eigenvalue weighted by Crippen LogP contribution is -2.57. The smallest absolute Gasteiger partial charge is 0.293 e. The Bertz CT molecular complexity index is 1110. The van der Waals surface area contributed by atoms with Crippen molar-refractivity contribution in [3.05, 3.63) is 34.7 Å². The number of piperidine rings is 1. The lowest BCUT2D eigenvalue weighted by atomic mass is 9.47. The number of aliphatic hydroxyl groups is 2. The number of nitrogens with one attached hydrogen (secondary N) is 1. The Morgan fingerprint density at radius 1 is 1.28 bits per heavy atom. The summed E-state index contributed by atoms with van der Waals surface area (Å²) in [4.78, 5) is 34.1. The second kappa shape index (κ2) is 9.58. The average Bonchev–Trinajstić information content (AvgIpc) is 3.53. The van der Waals surface area contributed by atoms with E-state index in [9.17, 15) is 19.8 Å². The van der Waals surface area contributed by atoms with E-state index < -0.39 is 11.5 Å². The third-order valence-electron chi connectivity index (χ3n) is 9.37. The molecule has 1 saturated heterocycles. The highest BCUT2D eigenvalue weighted by Gasteiger charge is 2.59. The molecule has 0 radical (unpaired) electrons. The maximum atomic E-state index is 13.6. The third-order valence-corrected chi connectivity index (χ3v) is 10.4. The molecule has 2 aromatic heterocycles. The van der Waals surface area contributed by atoms with Gasteiger partial charge in [-0.1, -0.05) is 20.8 Å². The number of aliphatic hydroxyl groups excluding tert-OH is 2. The monoisotopic (exact) mass is 515 g/mol. The maximum absolute atomic E-state index is 13.6. The van der Waals surface area contributed by atoms with Crippen LogP contribution in [0.5, 0.6) is 0 Å². The lowest BCUT2D eigenvalue weighted by molar-refractivity contribution is -0.147. The molecule has 0 spiro atoms. The summed E-state index contributed by atoms with van der Waals surface area (Å²) in [5, 5.41) is 24.7. The molecule has 3 aliphatic rings. The molecule has 2 aliphatic carbocycles. The molecule has 8 nitrogen and oxygen atoms in total. The zero-order chi connectivity index (χ0) is 25.7. The Balaban J connectivity index is 1.49. The van der Waals surface area contributed by atoms with E-state index in [0.717, 1.165) is 42.9 Å². The molecule has 2 fully saturated rings. The quantitative estimate of drug-likeness (QED) is 0.553. The highest BCUT2D eigenvalue weighted by atomic mass is 32.1. The summed E-state index contributed by atoms with van der Waals surface area (Å²) in [6.45, 7) is 7.86. The number of furan rings is 1. The number of thiazole rings is 1. The molecule has 1 aliphatic heterocycles. The molecule has 2 aromatic rings. The number of fused-ring (bicyclic) bond motifs is 2. The number of amides is 2. The first-order valence-electron chi connectivity index (χ1n) is 13.1. The van der Waals surface area contributed by atoms with Crippen molar-refractivity contribution in [2.45, 2.75) is 71.3 Å². The predicted molar refractivity (Wildman–Crippen MR) is 137 cm³/mol. The Morgan fingerprint density at radius 3 is 2.69 bits per heavy atom. The SMILES string of the molecule is CC1CCN(C(=O)C[C@@H]2c3nc(NC(=O)c4ccco4)sc3C[C@@H]3[C@](C)(CO)[C@H](O)CC[C@]32C)CC1. The number of aromatic nitrogens is 1. The molecule has 196 valence electrons. The number of hydrogen-bond donors (Lipinski definition) is 3. The van der Waals surface area contributed by atoms with E-state index in [0.29, 0.717) is 30.3 Å². The van der Waals surface area contributed by atoms with Crippen LogP contribution in [0.4, 0.5) is 5.13 Å². The normalized spacial score (nSPS) is 32.6. The Morgan fingerprint density at radius 2 is 2.03 bits per heavy atom. The van der Waals surface area contributed by atoms with Gasteiger partial charge in [-0.05, 0) is 61.5 Å². The van der Waals surface area contributed by atoms with Gasteiger partial charge in [0.1, 0.15) is 0 Å². The molecule has 3 N–H and O–H groups in total. The van der Waals surface area contributed by atoms with Crippen LogP contribution in [0.2, 0.25) is 0 Å². The zero-order valence-electron chi connectivity index (χ0n) is 21.3. The second-order valence-corrected chi connectivity index (χ2v) is 12.6. The largest absolute Gasteiger partial charge is 0.459 e. The minimum absolute atomic E-state index is 0.0143. The molecule has 5 rings (SSSR count). The number of carbonyl (C=O) groups excluding carboxylic acids is 2. The Labute approximate surface area is 216 Å². The van der Waals surface area contributed by atoms with Crippen molar-refractivity contribution in [1.29, 1.82) is 0 Å². The fourth-order valence-corrected chi connectivity index (χ4v) is 7.89. The van der Waals surface area contributed by atoms with E-state index in [-0.39, 0.29) is 41.4 Å². The van der Waals surface area contributed by atoms with Gasteiger partial charge in [0.2, 0.25) is 5.91 Å². The minimum Gasteiger partial charge on any atom is -0.459 e. The van der Waals surface area contributed by atoms with E-state index in [4.69, 9.17) is 9.40 Å². The van der Waals surface area contributed by atoms with Gasteiger partial charge < -0.3 is 19.5 Å². The molecule has 1 saturated carbocycles. The van der Waals surface area contributed by atoms with E-state index in [1.807, 2.05) is 11.8 Å². The van der Waals surface area contributed by atoms with E-state index in [1.54, 1.807) is 12.1 Å². The molecule has 0 unspecified atom stereocenters. The first kappa shape index (κ1) is 25.4. The standard InChI is InChI=1S/C27H37N3O5S/c1-16-7-10-30(11-8-16)22(33)13-17-23-19(36-25(28-23)29-24(34)18-5-4-12-35-18)14-20-26(17,2)9-6-21(32)27(20,3)15-31/h4-5,12,16-17,20-21,31-32H,6-11,13-15H2,1-3H3,(H,28,29,34)/t17-,20+,21-,26+,27+/m1/s1. The van der Waals surface area contributed by atoms with Gasteiger partial charge in [-0.3, -0.25) is 14.9 Å². The van der Waals surface area contributed by atoms with Crippen molar-refractivity contribution < 1.29 is 24.2 Å². The minimum atomic E-state index is -0.673. The van der Waals surface area contributed by atoms with Crippen molar-refractivity contribution >= 4 is 28.3 Å². The first-order valence-corrected chi connectivity index (χ1v) is 13.9. The van der Waals surface area contributed by atoms with Crippen LogP contribution in [-0.4, -0.2) is 57.7 Å². The van der Waals surface area contributed by atoms with Gasteiger partial charge in [-0.15, -0.1) is 11.3 Å². The molecule has 36 heavy (non-hydrogen) atoms. The molecular formula is C27H37N3O5S. The van der Waals surface area contributed by atoms with Crippen LogP contribution in [0.15, 0.2) is 22.8 Å². The van der Waals surface area contributed by atoms with E-state index >= 15 is 0 Å². The van der Waals surface area contributed by atoms with Crippen molar-refractivity contribution in [2.24, 2.45) is 22.7 Å². The van der Waals surface area contributed by atoms with Gasteiger partial charge in [0, 0.05) is 35.7 Å². The summed E-state index contributed by atoms with van der Waals surface area (Å²) < 4.78 is 5.22. The number of likely N-dealkylation sites (tertiary alicyclic amines) is 1. The highest BCUT2D eigenvalue weighted by molar-refractivity contribution is 7.15. The molecule has 5 atom stereocenters. The molecule has 0 bridgehead atoms. The summed E-state index contributed by atoms with van der Waals surface area (Å²) in [5.41, 5.74) is -0.101. The van der Waals surface area contributed by atoms with E-state index in [1.165, 1.54) is 17.6 Å². The molecule has 2 amide bonds. The van der Waals surface area contributed by atoms with Gasteiger partial charge in [-0.25, -0.2) is 4.98 Å². The summed E-state index contributed by atoms with van der Waals surface area (Å²) in [6, 6.07) is 3.27. The fourth-order valence-electron chi connectivity index (χ4n) is 6.83. The summed E-state index contributed by atoms with van der Waals surface area (Å²) >= 11 is 1.42. The topological polar surface area (TPSA) is 116 Å². The van der Waals surface area contributed by atoms with Crippen LogP contribution >= 0.6 is 11.3 Å². The Kier molecular flexibility index (Phi) is 6.76. The highest BCUT2D eigenvalue weighted by Crippen LogP contribution is 2.63. The van der Waals surface area contributed by atoms with Crippen LogP contribution in [0.3, 0.4) is 0 Å². The predicted octanol–water partition coefficient (Wildman–Crippen LogP) is 4.05. The Hall–Kier alpha value is -2.23. The zero-order valence-corrected chi connectivity index (χ0v) is 22.1. The summed E-state index contributed by atoms with van der Waals surface area (Å²) in [5.74, 6) is 0.472. The number of anilines is 1. The third kappa shape index (κ3) is 4.29. The second-order valence-electron chi connectivity index (χ2n) is 11.6. The van der Waals surface area contributed by atoms with Gasteiger partial charge in [0.15, 0.2) is 10.9 Å². The fraction of sp³-hybridized carbons (Fsp3) is 0.667. The number of hydrogen-bond acceptors (Lipinski definition) is 7. The van der Waals surface area contributed by atoms with Gasteiger partial charge >= 0.3 is 0 Å². The number of nitrogens with zero attached hydrogens (tertiary/aromatic N) is 2. The molecular weight excluding hydrogens is 478 g/mol. The van der Waals surface area contributed by atoms with Crippen LogP contribution in [0.25, 0.3) is 0 Å². The summed E-state index contributed by atoms with van der Waals surface area (Å²) in [6.07, 6.45) is 5.24. The summed E-state index contributed by atoms with van der Waals surface area (Å²) in [7, 11) is 0. The van der Waals surface area contributed by atoms with Crippen LogP contribution < -0.4 is 5.32 Å². The van der Waals surface area contributed by atoms with Crippen LogP contribution in [-0.2, 0) is 11.2 Å². The number of carbonyl (C=O) groups is 2. The van der Waals surface area contributed by atoms with Gasteiger partial charge in [0.25, 0.3) is 5.91 Å². The molecule has 3 heterocycles. The lowest BCUT2D eigenvalue weighted by Gasteiger charge is -2.58. The van der Waals surface area contributed by atoms with Crippen molar-refractivity contribution in [3.63, 3.8) is 0 Å². The van der Waals surface area contributed by atoms with E-state index in [2.05, 4.69) is 19.2 Å². The van der Waals surface area contributed by atoms with Crippen LogP contribution in [0.1, 0.15) is 79.9 Å². The van der Waals surface area contributed by atoms with Gasteiger partial charge in [-0.2, -0.15) is 0 Å². The first-order chi connectivity index (χ1) is 17.2. The maximum Gasteiger partial charge on any atom is 0.293 e. The average molecular weight is 516 g/mol. The van der Waals surface area contributed by atoms with Crippen molar-refractivity contribution in [1.82, 2.24) is 9.88 Å². The van der Waals surface area contributed by atoms with Gasteiger partial charge in [0.05, 0.1) is 24.7 Å². The van der Waals surface area contributed by atoms with Crippen molar-refractivity contribution in [3.8, 4) is 0 Å².